The first-order valence-electron chi connectivity index (χ1n) is 8.90. The number of nitrogens with zero attached hydrogens (tertiary/aromatic N) is 4. The van der Waals surface area contributed by atoms with Gasteiger partial charge < -0.3 is 14.4 Å². The maximum absolute atomic E-state index is 12.6. The number of likely N-dealkylation sites (tertiary alicyclic amines) is 1. The Morgan fingerprint density at radius 1 is 1.25 bits per heavy atom. The minimum atomic E-state index is -0.0355. The van der Waals surface area contributed by atoms with Crippen molar-refractivity contribution >= 4 is 5.91 Å². The Hall–Kier alpha value is -1.44. The molecule has 0 radical (unpaired) electrons. The third-order valence-corrected chi connectivity index (χ3v) is 5.75. The molecule has 132 valence electrons. The van der Waals surface area contributed by atoms with Crippen LogP contribution in [0.25, 0.3) is 0 Å². The van der Waals surface area contributed by atoms with Crippen LogP contribution in [0.5, 0.6) is 0 Å². The van der Waals surface area contributed by atoms with Gasteiger partial charge in [0.05, 0.1) is 25.4 Å². The summed E-state index contributed by atoms with van der Waals surface area (Å²) < 4.78 is 13.3. The molecular formula is C17H26N4O3. The van der Waals surface area contributed by atoms with E-state index in [1.54, 1.807) is 16.9 Å². The lowest BCUT2D eigenvalue weighted by Crippen LogP contribution is -2.48. The topological polar surface area (TPSA) is 59.8 Å². The molecule has 1 amide bonds. The van der Waals surface area contributed by atoms with Gasteiger partial charge in [-0.25, -0.2) is 0 Å². The largest absolute Gasteiger partial charge is 0.379 e. The Labute approximate surface area is 142 Å². The zero-order valence-corrected chi connectivity index (χ0v) is 14.3. The average Bonchev–Trinajstić information content (AvgIpc) is 3.23. The van der Waals surface area contributed by atoms with Crippen LogP contribution in [0.4, 0.5) is 0 Å². The highest BCUT2D eigenvalue weighted by molar-refractivity contribution is 5.92. The van der Waals surface area contributed by atoms with Gasteiger partial charge in [-0.2, -0.15) is 5.10 Å². The van der Waals surface area contributed by atoms with Gasteiger partial charge in [-0.15, -0.1) is 0 Å². The number of morpholine rings is 1. The van der Waals surface area contributed by atoms with Crippen molar-refractivity contribution in [3.05, 3.63) is 18.0 Å². The summed E-state index contributed by atoms with van der Waals surface area (Å²) in [5, 5.41) is 4.09. The number of aryl methyl sites for hydroxylation is 1. The molecule has 4 rings (SSSR count). The van der Waals surface area contributed by atoms with E-state index in [1.807, 2.05) is 11.9 Å². The van der Waals surface area contributed by atoms with Crippen LogP contribution in [0.3, 0.4) is 0 Å². The van der Waals surface area contributed by atoms with Crippen LogP contribution in [0.2, 0.25) is 0 Å². The van der Waals surface area contributed by atoms with Crippen LogP contribution >= 0.6 is 0 Å². The molecule has 0 aromatic carbocycles. The van der Waals surface area contributed by atoms with Crippen molar-refractivity contribution in [2.75, 3.05) is 46.0 Å². The molecule has 0 saturated carbocycles. The number of carbonyl (C=O) groups is 1. The molecule has 3 fully saturated rings. The van der Waals surface area contributed by atoms with E-state index in [1.165, 1.54) is 0 Å². The van der Waals surface area contributed by atoms with Crippen LogP contribution in [0, 0.1) is 0 Å². The molecule has 1 aromatic rings. The van der Waals surface area contributed by atoms with E-state index in [2.05, 4.69) is 10.00 Å². The fourth-order valence-corrected chi connectivity index (χ4v) is 4.21. The van der Waals surface area contributed by atoms with E-state index in [0.717, 1.165) is 65.3 Å². The smallest absolute Gasteiger partial charge is 0.272 e. The predicted molar refractivity (Wildman–Crippen MR) is 87.8 cm³/mol. The van der Waals surface area contributed by atoms with Gasteiger partial charge in [0.25, 0.3) is 5.91 Å². The molecule has 1 spiro atoms. The lowest BCUT2D eigenvalue weighted by Gasteiger charge is -2.39. The van der Waals surface area contributed by atoms with Gasteiger partial charge in [-0.1, -0.05) is 0 Å². The molecule has 3 saturated heterocycles. The van der Waals surface area contributed by atoms with Gasteiger partial charge in [0.1, 0.15) is 5.69 Å². The third-order valence-electron chi connectivity index (χ3n) is 5.75. The highest BCUT2D eigenvalue weighted by Crippen LogP contribution is 2.38. The summed E-state index contributed by atoms with van der Waals surface area (Å²) in [7, 11) is 1.81. The lowest BCUT2D eigenvalue weighted by molar-refractivity contribution is -0.0402. The molecule has 24 heavy (non-hydrogen) atoms. The Bertz CT molecular complexity index is 588. The first kappa shape index (κ1) is 16.1. The standard InChI is InChI=1S/C17H26N4O3/c1-19-15(2-5-18-19)16(22)21-6-3-17(4-7-21)12-14(13-24-17)20-8-10-23-11-9-20/h2,5,14H,3-4,6-13H2,1H3. The summed E-state index contributed by atoms with van der Waals surface area (Å²) in [5.41, 5.74) is 0.621. The highest BCUT2D eigenvalue weighted by atomic mass is 16.5. The normalized spacial score (nSPS) is 27.7. The number of rotatable bonds is 2. The monoisotopic (exact) mass is 334 g/mol. The van der Waals surface area contributed by atoms with Crippen LogP contribution in [-0.4, -0.2) is 83.1 Å². The van der Waals surface area contributed by atoms with E-state index in [4.69, 9.17) is 9.47 Å². The minimum absolute atomic E-state index is 0.0355. The summed E-state index contributed by atoms with van der Waals surface area (Å²) in [6, 6.07) is 2.29. The minimum Gasteiger partial charge on any atom is -0.379 e. The molecule has 4 heterocycles. The van der Waals surface area contributed by atoms with E-state index in [-0.39, 0.29) is 11.5 Å². The molecule has 7 heteroatoms. The van der Waals surface area contributed by atoms with Crippen molar-refractivity contribution in [2.45, 2.75) is 30.9 Å². The number of amides is 1. The van der Waals surface area contributed by atoms with Crippen LogP contribution in [0.1, 0.15) is 29.8 Å². The van der Waals surface area contributed by atoms with Crippen LogP contribution in [0.15, 0.2) is 12.3 Å². The Morgan fingerprint density at radius 2 is 2.00 bits per heavy atom. The van der Waals surface area contributed by atoms with Crippen LogP contribution < -0.4 is 0 Å². The molecule has 1 atom stereocenters. The number of ether oxygens (including phenoxy) is 2. The number of hydrogen-bond donors (Lipinski definition) is 0. The number of carbonyl (C=O) groups excluding carboxylic acids is 1. The van der Waals surface area contributed by atoms with Crippen molar-refractivity contribution < 1.29 is 14.3 Å². The highest BCUT2D eigenvalue weighted by Gasteiger charge is 2.45. The fourth-order valence-electron chi connectivity index (χ4n) is 4.21. The number of aromatic nitrogens is 2. The molecule has 1 unspecified atom stereocenters. The molecule has 7 nitrogen and oxygen atoms in total. The van der Waals surface area contributed by atoms with Crippen molar-refractivity contribution in [1.29, 1.82) is 0 Å². The lowest BCUT2D eigenvalue weighted by atomic mass is 9.87. The first-order valence-corrected chi connectivity index (χ1v) is 8.90. The number of hydrogen-bond acceptors (Lipinski definition) is 5. The van der Waals surface area contributed by atoms with Gasteiger partial charge >= 0.3 is 0 Å². The quantitative estimate of drug-likeness (QED) is 0.789. The first-order chi connectivity index (χ1) is 11.7. The van der Waals surface area contributed by atoms with Crippen molar-refractivity contribution in [3.8, 4) is 0 Å². The Morgan fingerprint density at radius 3 is 2.67 bits per heavy atom. The van der Waals surface area contributed by atoms with Crippen molar-refractivity contribution in [3.63, 3.8) is 0 Å². The van der Waals surface area contributed by atoms with E-state index in [0.29, 0.717) is 11.7 Å². The Kier molecular flexibility index (Phi) is 4.32. The Balaban J connectivity index is 1.34. The second-order valence-electron chi connectivity index (χ2n) is 7.13. The summed E-state index contributed by atoms with van der Waals surface area (Å²) >= 11 is 0. The SMILES string of the molecule is Cn1nccc1C(=O)N1CCC2(CC1)CC(N1CCOCC1)CO2. The summed E-state index contributed by atoms with van der Waals surface area (Å²) in [6.07, 6.45) is 4.61. The average molecular weight is 334 g/mol. The molecule has 3 aliphatic heterocycles. The summed E-state index contributed by atoms with van der Waals surface area (Å²) in [6.45, 7) is 6.02. The van der Waals surface area contributed by atoms with Crippen molar-refractivity contribution in [1.82, 2.24) is 19.6 Å². The molecule has 0 aliphatic carbocycles. The van der Waals surface area contributed by atoms with E-state index in [9.17, 15) is 4.79 Å². The van der Waals surface area contributed by atoms with E-state index < -0.39 is 0 Å². The van der Waals surface area contributed by atoms with Crippen molar-refractivity contribution in [2.24, 2.45) is 7.05 Å². The summed E-state index contributed by atoms with van der Waals surface area (Å²) in [4.78, 5) is 17.0. The predicted octanol–water partition coefficient (Wildman–Crippen LogP) is 0.516. The van der Waals surface area contributed by atoms with Gasteiger partial charge in [0.2, 0.25) is 0 Å². The molecular weight excluding hydrogens is 308 g/mol. The van der Waals surface area contributed by atoms with Gasteiger partial charge in [0.15, 0.2) is 0 Å². The van der Waals surface area contributed by atoms with Gasteiger partial charge in [0, 0.05) is 45.5 Å². The summed E-state index contributed by atoms with van der Waals surface area (Å²) in [5.74, 6) is 0.0765. The zero-order chi connectivity index (χ0) is 16.6. The van der Waals surface area contributed by atoms with Gasteiger partial charge in [-0.3, -0.25) is 14.4 Å². The molecule has 1 aromatic heterocycles. The maximum Gasteiger partial charge on any atom is 0.272 e. The molecule has 0 N–H and O–H groups in total. The fraction of sp³-hybridized carbons (Fsp3) is 0.765. The molecule has 3 aliphatic rings. The van der Waals surface area contributed by atoms with E-state index >= 15 is 0 Å². The third kappa shape index (κ3) is 2.96. The second-order valence-corrected chi connectivity index (χ2v) is 7.13. The maximum atomic E-state index is 12.6. The zero-order valence-electron chi connectivity index (χ0n) is 14.3. The second kappa shape index (κ2) is 6.46. The number of piperidine rings is 1. The molecule has 0 bridgehead atoms. The van der Waals surface area contributed by atoms with Gasteiger partial charge in [-0.05, 0) is 25.3 Å². The van der Waals surface area contributed by atoms with Crippen LogP contribution in [-0.2, 0) is 16.5 Å².